The van der Waals surface area contributed by atoms with Crippen molar-refractivity contribution in [2.75, 3.05) is 57.0 Å². The average Bonchev–Trinajstić information content (AvgIpc) is 3.58. The molecule has 3 aromatic rings. The number of amides is 2. The van der Waals surface area contributed by atoms with Crippen molar-refractivity contribution >= 4 is 57.4 Å². The lowest BCUT2D eigenvalue weighted by atomic mass is 9.79. The number of carbonyl (C=O) groups is 2. The summed E-state index contributed by atoms with van der Waals surface area (Å²) in [5.74, 6) is -2.44. The number of hydrogen-bond acceptors (Lipinski definition) is 8. The number of anilines is 3. The summed E-state index contributed by atoms with van der Waals surface area (Å²) in [7, 11) is 4.03. The summed E-state index contributed by atoms with van der Waals surface area (Å²) in [4.78, 5) is 38.8. The van der Waals surface area contributed by atoms with Gasteiger partial charge in [0, 0.05) is 71.4 Å². The van der Waals surface area contributed by atoms with E-state index < -0.39 is 5.92 Å². The monoisotopic (exact) mass is 724 g/mol. The fourth-order valence-electron chi connectivity index (χ4n) is 6.45. The maximum atomic E-state index is 13.4. The zero-order valence-corrected chi connectivity index (χ0v) is 27.2. The van der Waals surface area contributed by atoms with Gasteiger partial charge in [-0.1, -0.05) is 22.6 Å². The molecule has 2 saturated heterocycles. The van der Waals surface area contributed by atoms with E-state index in [-0.39, 0.29) is 53.6 Å². The molecule has 0 bridgehead atoms. The predicted molar refractivity (Wildman–Crippen MR) is 170 cm³/mol. The summed E-state index contributed by atoms with van der Waals surface area (Å²) < 4.78 is 30.2. The Labute approximate surface area is 268 Å². The third-order valence-corrected chi connectivity index (χ3v) is 10.1. The summed E-state index contributed by atoms with van der Waals surface area (Å²) >= 11 is 2.32. The first-order valence-electron chi connectivity index (χ1n) is 15.2. The number of piperazine rings is 1. The molecule has 3 aromatic heterocycles. The molecule has 44 heavy (non-hydrogen) atoms. The van der Waals surface area contributed by atoms with Crippen LogP contribution in [0.25, 0.3) is 5.65 Å². The Hall–Kier alpha value is -3.08. The van der Waals surface area contributed by atoms with Crippen LogP contribution in [0.15, 0.2) is 30.7 Å². The third kappa shape index (κ3) is 6.92. The zero-order valence-electron chi connectivity index (χ0n) is 25.1. The first kappa shape index (κ1) is 30.9. The van der Waals surface area contributed by atoms with Crippen molar-refractivity contribution in [3.05, 3.63) is 30.7 Å². The van der Waals surface area contributed by atoms with Gasteiger partial charge in [0.2, 0.25) is 23.7 Å². The van der Waals surface area contributed by atoms with E-state index in [0.29, 0.717) is 23.8 Å². The van der Waals surface area contributed by atoms with Crippen LogP contribution >= 0.6 is 22.6 Å². The van der Waals surface area contributed by atoms with E-state index in [9.17, 15) is 18.4 Å². The van der Waals surface area contributed by atoms with Gasteiger partial charge in [0.25, 0.3) is 0 Å². The SMILES string of the molecule is CN1CCN(C(=O)Cn2cc(Nc3nc4c(N(C)CC5CCCC(I)N5C(=O)CC5CC(F)(F)C5)cccn4n3)cn2)CC1. The zero-order chi connectivity index (χ0) is 31.0. The minimum absolute atomic E-state index is 0.0242. The number of aromatic nitrogens is 5. The van der Waals surface area contributed by atoms with Crippen molar-refractivity contribution in [1.29, 1.82) is 0 Å². The van der Waals surface area contributed by atoms with E-state index >= 15 is 0 Å². The van der Waals surface area contributed by atoms with Crippen molar-refractivity contribution in [1.82, 2.24) is 39.1 Å². The second-order valence-corrected chi connectivity index (χ2v) is 13.8. The molecule has 1 aliphatic carbocycles. The van der Waals surface area contributed by atoms with Gasteiger partial charge in [-0.05, 0) is 44.4 Å². The fraction of sp³-hybridized carbons (Fsp3) is 0.621. The van der Waals surface area contributed by atoms with Crippen LogP contribution in [0, 0.1) is 5.92 Å². The van der Waals surface area contributed by atoms with E-state index in [4.69, 9.17) is 4.98 Å². The lowest BCUT2D eigenvalue weighted by molar-refractivity contribution is -0.145. The molecule has 3 aliphatic rings. The van der Waals surface area contributed by atoms with Crippen molar-refractivity contribution in [2.24, 2.45) is 5.92 Å². The quantitative estimate of drug-likeness (QED) is 0.203. The number of nitrogens with zero attached hydrogens (tertiary/aromatic N) is 9. The predicted octanol–water partition coefficient (Wildman–Crippen LogP) is 3.46. The summed E-state index contributed by atoms with van der Waals surface area (Å²) in [6.07, 6.45) is 7.83. The van der Waals surface area contributed by atoms with E-state index in [1.165, 1.54) is 0 Å². The molecule has 1 N–H and O–H groups in total. The first-order valence-corrected chi connectivity index (χ1v) is 16.4. The van der Waals surface area contributed by atoms with Gasteiger partial charge in [0.15, 0.2) is 5.65 Å². The topological polar surface area (TPSA) is 107 Å². The molecule has 2 atom stereocenters. The van der Waals surface area contributed by atoms with Crippen LogP contribution in [-0.2, 0) is 16.1 Å². The minimum Gasteiger partial charge on any atom is -0.369 e. The number of halogens is 3. The maximum absolute atomic E-state index is 13.4. The Bertz CT molecular complexity index is 1480. The van der Waals surface area contributed by atoms with Crippen molar-refractivity contribution in [3.63, 3.8) is 0 Å². The molecule has 2 unspecified atom stereocenters. The summed E-state index contributed by atoms with van der Waals surface area (Å²) in [5.41, 5.74) is 2.20. The van der Waals surface area contributed by atoms with Gasteiger partial charge in [-0.2, -0.15) is 10.1 Å². The molecule has 3 fully saturated rings. The molecule has 15 heteroatoms. The molecule has 2 amide bonds. The van der Waals surface area contributed by atoms with Gasteiger partial charge < -0.3 is 24.9 Å². The Kier molecular flexibility index (Phi) is 8.95. The van der Waals surface area contributed by atoms with Crippen molar-refractivity contribution in [2.45, 2.75) is 61.1 Å². The summed E-state index contributed by atoms with van der Waals surface area (Å²) in [6, 6.07) is 3.85. The molecule has 6 rings (SSSR count). The van der Waals surface area contributed by atoms with Crippen molar-refractivity contribution < 1.29 is 18.4 Å². The minimum atomic E-state index is -2.62. The third-order valence-electron chi connectivity index (χ3n) is 8.88. The van der Waals surface area contributed by atoms with Crippen LogP contribution in [0.5, 0.6) is 0 Å². The second kappa shape index (κ2) is 12.7. The van der Waals surface area contributed by atoms with Gasteiger partial charge in [-0.25, -0.2) is 13.3 Å². The number of fused-ring (bicyclic) bond motifs is 1. The van der Waals surface area contributed by atoms with E-state index in [1.54, 1.807) is 21.6 Å². The van der Waals surface area contributed by atoms with E-state index in [0.717, 1.165) is 51.1 Å². The number of likely N-dealkylation sites (N-methyl/N-ethyl adjacent to an activating group) is 2. The van der Waals surface area contributed by atoms with Gasteiger partial charge in [-0.15, -0.1) is 5.10 Å². The molecule has 5 heterocycles. The van der Waals surface area contributed by atoms with Gasteiger partial charge in [-0.3, -0.25) is 14.3 Å². The van der Waals surface area contributed by atoms with Crippen LogP contribution in [0.3, 0.4) is 0 Å². The summed E-state index contributed by atoms with van der Waals surface area (Å²) in [5, 5.41) is 12.1. The lowest BCUT2D eigenvalue weighted by Crippen LogP contribution is -2.53. The summed E-state index contributed by atoms with van der Waals surface area (Å²) in [6.45, 7) is 3.95. The number of carbonyl (C=O) groups excluding carboxylic acids is 2. The number of hydrogen-bond donors (Lipinski definition) is 1. The number of alkyl halides is 3. The fourth-order valence-corrected chi connectivity index (χ4v) is 7.65. The maximum Gasteiger partial charge on any atom is 0.248 e. The Morgan fingerprint density at radius 2 is 1.93 bits per heavy atom. The van der Waals surface area contributed by atoms with Gasteiger partial charge in [0.05, 0.1) is 27.7 Å². The van der Waals surface area contributed by atoms with Crippen LogP contribution in [-0.4, -0.2) is 114 Å². The molecule has 1 saturated carbocycles. The highest BCUT2D eigenvalue weighted by molar-refractivity contribution is 14.1. The molecule has 12 nitrogen and oxygen atoms in total. The Balaban J connectivity index is 1.10. The highest BCUT2D eigenvalue weighted by Crippen LogP contribution is 2.44. The molecule has 238 valence electrons. The van der Waals surface area contributed by atoms with Crippen LogP contribution in [0.4, 0.5) is 26.1 Å². The highest BCUT2D eigenvalue weighted by Gasteiger charge is 2.47. The number of rotatable bonds is 9. The smallest absolute Gasteiger partial charge is 0.248 e. The highest BCUT2D eigenvalue weighted by atomic mass is 127. The van der Waals surface area contributed by atoms with Crippen LogP contribution in [0.2, 0.25) is 0 Å². The molecule has 2 aliphatic heterocycles. The molecular formula is C29H39F2IN10O2. The molecular weight excluding hydrogens is 685 g/mol. The molecule has 0 spiro atoms. The van der Waals surface area contributed by atoms with E-state index in [1.807, 2.05) is 35.2 Å². The lowest BCUT2D eigenvalue weighted by Gasteiger charge is -2.43. The van der Waals surface area contributed by atoms with Gasteiger partial charge in [0.1, 0.15) is 6.54 Å². The Morgan fingerprint density at radius 3 is 2.68 bits per heavy atom. The standard InChI is InChI=1S/C29H39F2IN10O2/c1-37-9-11-39(12-10-37)26(44)19-40-17-21(16-33-40)34-28-35-27-23(6-4-8-41(27)36-28)38(2)18-22-5-3-7-24(32)42(22)25(43)13-20-14-29(30,31)15-20/h4,6,8,16-17,20,22,24H,3,5,7,9-15,18-19H2,1-2H3,(H,34,36). The molecule has 0 radical (unpaired) electrons. The first-order chi connectivity index (χ1) is 21.0. The number of piperidine rings is 1. The molecule has 0 aromatic carbocycles. The van der Waals surface area contributed by atoms with Crippen molar-refractivity contribution in [3.8, 4) is 0 Å². The van der Waals surface area contributed by atoms with Crippen LogP contribution < -0.4 is 10.2 Å². The van der Waals surface area contributed by atoms with Gasteiger partial charge >= 0.3 is 0 Å². The largest absolute Gasteiger partial charge is 0.369 e. The van der Waals surface area contributed by atoms with Crippen LogP contribution in [0.1, 0.15) is 38.5 Å². The number of likely N-dealkylation sites (tertiary alicyclic amines) is 1. The van der Waals surface area contributed by atoms with E-state index in [2.05, 4.69) is 55.0 Å². The number of pyridine rings is 1. The Morgan fingerprint density at radius 1 is 1.16 bits per heavy atom. The second-order valence-electron chi connectivity index (χ2n) is 12.4. The number of nitrogens with one attached hydrogen (secondary N) is 1. The normalized spacial score (nSPS) is 22.7. The average molecular weight is 725 g/mol.